The van der Waals surface area contributed by atoms with Crippen LogP contribution in [0.15, 0.2) is 29.8 Å². The molecule has 3 atom stereocenters. The van der Waals surface area contributed by atoms with Gasteiger partial charge in [-0.1, -0.05) is 19.1 Å². The van der Waals surface area contributed by atoms with Gasteiger partial charge in [-0.2, -0.15) is 15.8 Å². The molecule has 0 aromatic heterocycles. The maximum absolute atomic E-state index is 10.1. The van der Waals surface area contributed by atoms with Gasteiger partial charge in [0.25, 0.3) is 0 Å². The second-order valence-corrected chi connectivity index (χ2v) is 8.00. The van der Waals surface area contributed by atoms with Crippen molar-refractivity contribution in [2.24, 2.45) is 17.3 Å². The van der Waals surface area contributed by atoms with Gasteiger partial charge in [-0.25, -0.2) is 0 Å². The zero-order chi connectivity index (χ0) is 22.6. The third-order valence-electron chi connectivity index (χ3n) is 6.06. The third-order valence-corrected chi connectivity index (χ3v) is 6.06. The van der Waals surface area contributed by atoms with E-state index in [1.165, 1.54) is 0 Å². The molecule has 0 unspecified atom stereocenters. The molecular weight excluding hydrogens is 390 g/mol. The molecule has 7 heteroatoms. The Balaban J connectivity index is 2.19. The third kappa shape index (κ3) is 3.76. The fourth-order valence-electron chi connectivity index (χ4n) is 4.65. The number of hydrogen-bond acceptors (Lipinski definition) is 7. The van der Waals surface area contributed by atoms with Crippen molar-refractivity contribution in [3.63, 3.8) is 0 Å². The number of likely N-dealkylation sites (N-methyl/N-ethyl adjacent to an activating group) is 1. The molecule has 3 rings (SSSR count). The second kappa shape index (κ2) is 9.21. The summed E-state index contributed by atoms with van der Waals surface area (Å²) in [5, 5.41) is 38.8. The van der Waals surface area contributed by atoms with Crippen LogP contribution in [0.2, 0.25) is 0 Å². The van der Waals surface area contributed by atoms with Crippen LogP contribution in [-0.4, -0.2) is 44.0 Å². The summed E-state index contributed by atoms with van der Waals surface area (Å²) in [6.45, 7) is 6.18. The Labute approximate surface area is 183 Å². The lowest BCUT2D eigenvalue weighted by molar-refractivity contribution is 0.234. The number of rotatable bonds is 6. The second-order valence-electron chi connectivity index (χ2n) is 8.00. The molecule has 0 bridgehead atoms. The van der Waals surface area contributed by atoms with Gasteiger partial charge in [0.15, 0.2) is 16.9 Å². The molecule has 1 aromatic carbocycles. The topological polar surface area (TPSA) is 117 Å². The van der Waals surface area contributed by atoms with E-state index in [-0.39, 0.29) is 11.6 Å². The van der Waals surface area contributed by atoms with Crippen LogP contribution < -0.4 is 9.47 Å². The predicted octanol–water partition coefficient (Wildman–Crippen LogP) is 3.65. The lowest BCUT2D eigenvalue weighted by Crippen LogP contribution is -2.52. The zero-order valence-electron chi connectivity index (χ0n) is 18.2. The van der Waals surface area contributed by atoms with Crippen LogP contribution in [0.25, 0.3) is 0 Å². The van der Waals surface area contributed by atoms with E-state index >= 15 is 0 Å². The van der Waals surface area contributed by atoms with Gasteiger partial charge in [-0.05, 0) is 43.7 Å². The molecule has 1 heterocycles. The van der Waals surface area contributed by atoms with Gasteiger partial charge >= 0.3 is 0 Å². The quantitative estimate of drug-likeness (QED) is 0.706. The van der Waals surface area contributed by atoms with Crippen molar-refractivity contribution < 1.29 is 9.47 Å². The highest BCUT2D eigenvalue weighted by Crippen LogP contribution is 2.54. The molecule has 0 saturated heterocycles. The van der Waals surface area contributed by atoms with Crippen molar-refractivity contribution in [1.29, 1.82) is 21.2 Å². The minimum atomic E-state index is -1.73. The van der Waals surface area contributed by atoms with E-state index in [0.717, 1.165) is 17.6 Å². The van der Waals surface area contributed by atoms with Crippen molar-refractivity contribution in [2.75, 3.05) is 33.4 Å². The summed E-state index contributed by atoms with van der Waals surface area (Å²) in [5.41, 5.74) is -0.291. The molecule has 0 spiro atoms. The van der Waals surface area contributed by atoms with Crippen LogP contribution in [0, 0.1) is 56.7 Å². The summed E-state index contributed by atoms with van der Waals surface area (Å²) >= 11 is 0. The molecule has 1 N–H and O–H groups in total. The van der Waals surface area contributed by atoms with E-state index in [9.17, 15) is 15.8 Å². The lowest BCUT2D eigenvalue weighted by Gasteiger charge is -2.47. The van der Waals surface area contributed by atoms with Crippen molar-refractivity contribution in [3.8, 4) is 29.7 Å². The molecule has 160 valence electrons. The molecule has 1 aliphatic heterocycles. The van der Waals surface area contributed by atoms with Gasteiger partial charge in [-0.3, -0.25) is 0 Å². The van der Waals surface area contributed by atoms with Gasteiger partial charge in [-0.15, -0.1) is 0 Å². The minimum Gasteiger partial charge on any atom is -0.490 e. The molecule has 1 fully saturated rings. The van der Waals surface area contributed by atoms with E-state index in [0.29, 0.717) is 37.8 Å². The predicted molar refractivity (Wildman–Crippen MR) is 116 cm³/mol. The molecule has 1 aliphatic carbocycles. The maximum atomic E-state index is 10.1. The summed E-state index contributed by atoms with van der Waals surface area (Å²) in [5.74, 6) is -0.499. The highest BCUT2D eigenvalue weighted by atomic mass is 16.5. The fourth-order valence-corrected chi connectivity index (χ4v) is 4.65. The molecule has 1 aromatic rings. The molecule has 2 aliphatic rings. The van der Waals surface area contributed by atoms with E-state index in [2.05, 4.69) is 23.1 Å². The first-order valence-electron chi connectivity index (χ1n) is 10.6. The van der Waals surface area contributed by atoms with Crippen LogP contribution in [0.4, 0.5) is 0 Å². The summed E-state index contributed by atoms with van der Waals surface area (Å²) in [7, 11) is 1.97. The first-order valence-corrected chi connectivity index (χ1v) is 10.6. The van der Waals surface area contributed by atoms with Crippen molar-refractivity contribution in [3.05, 3.63) is 35.4 Å². The van der Waals surface area contributed by atoms with Gasteiger partial charge in [0, 0.05) is 24.9 Å². The molecule has 1 saturated carbocycles. The van der Waals surface area contributed by atoms with E-state index in [1.807, 2.05) is 45.2 Å². The Kier molecular flexibility index (Phi) is 6.64. The van der Waals surface area contributed by atoms with E-state index in [1.54, 1.807) is 0 Å². The normalized spacial score (nSPS) is 24.7. The largest absolute Gasteiger partial charge is 0.490 e. The number of nitrogens with one attached hydrogen (secondary N) is 1. The number of fused-ring (bicyclic) bond motifs is 1. The van der Waals surface area contributed by atoms with Crippen LogP contribution >= 0.6 is 0 Å². The average molecular weight is 418 g/mol. The summed E-state index contributed by atoms with van der Waals surface area (Å²) in [4.78, 5) is 2.10. The Bertz CT molecular complexity index is 996. The minimum absolute atomic E-state index is 0.138. The summed E-state index contributed by atoms with van der Waals surface area (Å²) in [6.07, 6.45) is 2.83. The first kappa shape index (κ1) is 22.3. The van der Waals surface area contributed by atoms with Gasteiger partial charge in [0.05, 0.1) is 37.1 Å². The summed E-state index contributed by atoms with van der Waals surface area (Å²) in [6, 6.07) is 11.9. The number of nitriles is 3. The molecule has 31 heavy (non-hydrogen) atoms. The fraction of sp³-hybridized carbons (Fsp3) is 0.500. The van der Waals surface area contributed by atoms with Gasteiger partial charge in [0.2, 0.25) is 0 Å². The standard InChI is InChI=1S/C24H27N5O2/c1-4-10-31-20-7-6-16(11-21(20)30-5-2)22-19-13-29(3)9-8-17(19)18(12-25)23(28)24(22,14-26)15-27/h6-8,11,18-19,22,28H,4-5,9-10,13H2,1-3H3/t18-,19+,22-/m1/s1. The first-order chi connectivity index (χ1) is 15.0. The average Bonchev–Trinajstić information content (AvgIpc) is 2.78. The maximum Gasteiger partial charge on any atom is 0.189 e. The van der Waals surface area contributed by atoms with Crippen LogP contribution in [-0.2, 0) is 0 Å². The van der Waals surface area contributed by atoms with E-state index < -0.39 is 17.3 Å². The van der Waals surface area contributed by atoms with Gasteiger partial charge in [0.1, 0.15) is 5.92 Å². The molecule has 0 amide bonds. The van der Waals surface area contributed by atoms with Crippen molar-refractivity contribution in [2.45, 2.75) is 26.2 Å². The Hall–Kier alpha value is -3.34. The molecular formula is C24H27N5O2. The van der Waals surface area contributed by atoms with Crippen molar-refractivity contribution in [1.82, 2.24) is 4.90 Å². The van der Waals surface area contributed by atoms with Crippen molar-refractivity contribution >= 4 is 5.71 Å². The van der Waals surface area contributed by atoms with Crippen LogP contribution in [0.3, 0.4) is 0 Å². The molecule has 7 nitrogen and oxygen atoms in total. The van der Waals surface area contributed by atoms with Crippen LogP contribution in [0.1, 0.15) is 31.7 Å². The Morgan fingerprint density at radius 1 is 1.16 bits per heavy atom. The number of nitrogens with zero attached hydrogens (tertiary/aromatic N) is 4. The SMILES string of the molecule is CCCOc1ccc([C@@H]2[C@H]3CN(C)CC=C3[C@@H](C#N)C(=N)C2(C#N)C#N)cc1OCC. The number of benzene rings is 1. The highest BCUT2D eigenvalue weighted by molar-refractivity contribution is 6.00. The van der Waals surface area contributed by atoms with E-state index in [4.69, 9.17) is 14.9 Å². The smallest absolute Gasteiger partial charge is 0.189 e. The monoisotopic (exact) mass is 417 g/mol. The zero-order valence-corrected chi connectivity index (χ0v) is 18.2. The highest BCUT2D eigenvalue weighted by Gasteiger charge is 2.57. The number of ether oxygens (including phenoxy) is 2. The lowest BCUT2D eigenvalue weighted by atomic mass is 9.54. The Morgan fingerprint density at radius 3 is 2.52 bits per heavy atom. The van der Waals surface area contributed by atoms with Gasteiger partial charge < -0.3 is 19.8 Å². The Morgan fingerprint density at radius 2 is 1.90 bits per heavy atom. The van der Waals surface area contributed by atoms with Crippen LogP contribution in [0.5, 0.6) is 11.5 Å². The summed E-state index contributed by atoms with van der Waals surface area (Å²) < 4.78 is 11.6. The molecule has 0 radical (unpaired) electrons. The number of hydrogen-bond donors (Lipinski definition) is 1.